The third-order valence-corrected chi connectivity index (χ3v) is 1.30. The predicted octanol–water partition coefficient (Wildman–Crippen LogP) is 0.0774. The van der Waals surface area contributed by atoms with E-state index in [9.17, 15) is 0 Å². The van der Waals surface area contributed by atoms with Crippen molar-refractivity contribution in [2.75, 3.05) is 0 Å². The van der Waals surface area contributed by atoms with E-state index in [1.807, 2.05) is 26.0 Å². The summed E-state index contributed by atoms with van der Waals surface area (Å²) in [4.78, 5) is 8.24. The van der Waals surface area contributed by atoms with Crippen LogP contribution in [0.15, 0.2) is 12.4 Å². The first kappa shape index (κ1) is 6.93. The molecule has 0 radical (unpaired) electrons. The molecule has 1 rings (SSSR count). The van der Waals surface area contributed by atoms with Gasteiger partial charge in [0.2, 0.25) is 0 Å². The zero-order valence-corrected chi connectivity index (χ0v) is 6.20. The van der Waals surface area contributed by atoms with E-state index < -0.39 is 0 Å². The van der Waals surface area contributed by atoms with Gasteiger partial charge in [-0.2, -0.15) is 0 Å². The van der Waals surface area contributed by atoms with Gasteiger partial charge in [-0.1, -0.05) is 12.2 Å². The first-order valence-corrected chi connectivity index (χ1v) is 3.28. The number of nitrogens with zero attached hydrogens (tertiary/aromatic N) is 2. The van der Waals surface area contributed by atoms with Crippen molar-refractivity contribution < 1.29 is 0 Å². The minimum atomic E-state index is 0.949. The number of hydrogen-bond acceptors (Lipinski definition) is 2. The van der Waals surface area contributed by atoms with Crippen molar-refractivity contribution in [2.24, 2.45) is 0 Å². The van der Waals surface area contributed by atoms with E-state index in [1.54, 1.807) is 12.4 Å². The molecule has 0 saturated carbocycles. The monoisotopic (exact) mass is 134 g/mol. The molecule has 0 unspecified atom stereocenters. The highest BCUT2D eigenvalue weighted by Crippen LogP contribution is 1.60. The second-order valence-electron chi connectivity index (χ2n) is 1.90. The fourth-order valence-electron chi connectivity index (χ4n) is 0.804. The summed E-state index contributed by atoms with van der Waals surface area (Å²) in [6.07, 6.45) is 7.29. The molecule has 0 aromatic carbocycles. The van der Waals surface area contributed by atoms with Crippen molar-refractivity contribution in [3.8, 4) is 0 Å². The lowest BCUT2D eigenvalue weighted by Gasteiger charge is -1.84. The first-order chi connectivity index (χ1) is 4.88. The Morgan fingerprint density at radius 2 is 1.40 bits per heavy atom. The van der Waals surface area contributed by atoms with Crippen LogP contribution in [0.25, 0.3) is 12.2 Å². The van der Waals surface area contributed by atoms with Gasteiger partial charge in [0.1, 0.15) is 0 Å². The van der Waals surface area contributed by atoms with Crippen LogP contribution in [0, 0.1) is 0 Å². The Morgan fingerprint density at radius 1 is 1.00 bits per heavy atom. The summed E-state index contributed by atoms with van der Waals surface area (Å²) in [6, 6.07) is 0. The highest BCUT2D eigenvalue weighted by atomic mass is 14.7. The summed E-state index contributed by atoms with van der Waals surface area (Å²) < 4.78 is 0. The Morgan fingerprint density at radius 3 is 1.70 bits per heavy atom. The molecule has 0 amide bonds. The van der Waals surface area contributed by atoms with E-state index in [1.165, 1.54) is 0 Å². The van der Waals surface area contributed by atoms with E-state index in [-0.39, 0.29) is 0 Å². The molecule has 1 aromatic rings. The standard InChI is InChI=1S/C8H10N2/c1-3-7-8(4-2)10-6-5-9-7/h3-6H,1-2H3/b7-3+,8-4+. The van der Waals surface area contributed by atoms with Crippen molar-refractivity contribution in [2.45, 2.75) is 13.8 Å². The number of rotatable bonds is 0. The molecule has 0 bridgehead atoms. The minimum absolute atomic E-state index is 0.949. The van der Waals surface area contributed by atoms with E-state index in [2.05, 4.69) is 9.97 Å². The molecule has 0 spiro atoms. The van der Waals surface area contributed by atoms with E-state index in [0.29, 0.717) is 0 Å². The zero-order chi connectivity index (χ0) is 7.40. The minimum Gasteiger partial charge on any atom is -0.253 e. The van der Waals surface area contributed by atoms with Gasteiger partial charge >= 0.3 is 0 Å². The smallest absolute Gasteiger partial charge is 0.0840 e. The van der Waals surface area contributed by atoms with Crippen LogP contribution in [0.4, 0.5) is 0 Å². The predicted molar refractivity (Wildman–Crippen MR) is 41.6 cm³/mol. The van der Waals surface area contributed by atoms with Gasteiger partial charge in [0.05, 0.1) is 10.7 Å². The summed E-state index contributed by atoms with van der Waals surface area (Å²) in [5, 5.41) is 1.90. The van der Waals surface area contributed by atoms with Gasteiger partial charge in [-0.25, -0.2) is 0 Å². The van der Waals surface area contributed by atoms with Crippen LogP contribution in [0.1, 0.15) is 13.8 Å². The molecule has 0 atom stereocenters. The van der Waals surface area contributed by atoms with Gasteiger partial charge in [0.15, 0.2) is 0 Å². The maximum atomic E-state index is 4.12. The van der Waals surface area contributed by atoms with Crippen LogP contribution in [0.3, 0.4) is 0 Å². The molecule has 52 valence electrons. The molecule has 2 nitrogen and oxygen atoms in total. The van der Waals surface area contributed by atoms with Crippen LogP contribution in [-0.4, -0.2) is 9.97 Å². The molecular formula is C8H10N2. The molecule has 0 N–H and O–H groups in total. The van der Waals surface area contributed by atoms with Gasteiger partial charge in [0, 0.05) is 12.4 Å². The fraction of sp³-hybridized carbons (Fsp3) is 0.250. The van der Waals surface area contributed by atoms with Gasteiger partial charge in [-0.15, -0.1) is 0 Å². The Kier molecular flexibility index (Phi) is 2.15. The second kappa shape index (κ2) is 3.11. The zero-order valence-electron chi connectivity index (χ0n) is 6.20. The van der Waals surface area contributed by atoms with Crippen LogP contribution in [0.5, 0.6) is 0 Å². The maximum absolute atomic E-state index is 4.12. The van der Waals surface area contributed by atoms with E-state index in [0.717, 1.165) is 10.7 Å². The van der Waals surface area contributed by atoms with Crippen LogP contribution >= 0.6 is 0 Å². The molecule has 1 aromatic heterocycles. The Hall–Kier alpha value is -1.18. The highest BCUT2D eigenvalue weighted by Gasteiger charge is 1.79. The molecule has 0 aliphatic rings. The van der Waals surface area contributed by atoms with E-state index >= 15 is 0 Å². The van der Waals surface area contributed by atoms with Gasteiger partial charge in [0.25, 0.3) is 0 Å². The lowest BCUT2D eigenvalue weighted by molar-refractivity contribution is 1.09. The summed E-state index contributed by atoms with van der Waals surface area (Å²) in [7, 11) is 0. The molecule has 0 aliphatic heterocycles. The average Bonchev–Trinajstić information content (AvgIpc) is 2.04. The number of hydrogen-bond donors (Lipinski definition) is 0. The third-order valence-electron chi connectivity index (χ3n) is 1.30. The molecule has 0 aliphatic carbocycles. The summed E-state index contributed by atoms with van der Waals surface area (Å²) in [5.41, 5.74) is 0. The molecular weight excluding hydrogens is 124 g/mol. The first-order valence-electron chi connectivity index (χ1n) is 3.28. The highest BCUT2D eigenvalue weighted by molar-refractivity contribution is 5.20. The van der Waals surface area contributed by atoms with Crippen molar-refractivity contribution >= 4 is 12.2 Å². The molecule has 10 heavy (non-hydrogen) atoms. The topological polar surface area (TPSA) is 25.8 Å². The largest absolute Gasteiger partial charge is 0.253 e. The average molecular weight is 134 g/mol. The summed E-state index contributed by atoms with van der Waals surface area (Å²) in [6.45, 7) is 3.91. The third kappa shape index (κ3) is 1.21. The van der Waals surface area contributed by atoms with Crippen molar-refractivity contribution in [3.63, 3.8) is 0 Å². The van der Waals surface area contributed by atoms with Crippen molar-refractivity contribution in [1.82, 2.24) is 9.97 Å². The lowest BCUT2D eigenvalue weighted by Crippen LogP contribution is -2.29. The van der Waals surface area contributed by atoms with Crippen LogP contribution in [-0.2, 0) is 0 Å². The molecule has 0 saturated heterocycles. The van der Waals surface area contributed by atoms with Crippen molar-refractivity contribution in [3.05, 3.63) is 23.1 Å². The Bertz CT molecular complexity index is 281. The Labute approximate surface area is 60.0 Å². The van der Waals surface area contributed by atoms with Gasteiger partial charge < -0.3 is 0 Å². The van der Waals surface area contributed by atoms with Crippen molar-refractivity contribution in [1.29, 1.82) is 0 Å². The van der Waals surface area contributed by atoms with Gasteiger partial charge in [-0.05, 0) is 13.8 Å². The molecule has 0 fully saturated rings. The maximum Gasteiger partial charge on any atom is 0.0840 e. The van der Waals surface area contributed by atoms with Crippen LogP contribution < -0.4 is 10.7 Å². The normalized spacial score (nSPS) is 14.2. The summed E-state index contributed by atoms with van der Waals surface area (Å²) >= 11 is 0. The molecule has 1 heterocycles. The quantitative estimate of drug-likeness (QED) is 0.502. The van der Waals surface area contributed by atoms with Crippen LogP contribution in [0.2, 0.25) is 0 Å². The van der Waals surface area contributed by atoms with Gasteiger partial charge in [-0.3, -0.25) is 9.97 Å². The lowest BCUT2D eigenvalue weighted by atomic mass is 10.4. The second-order valence-corrected chi connectivity index (χ2v) is 1.90. The fourth-order valence-corrected chi connectivity index (χ4v) is 0.804. The number of aromatic nitrogens is 2. The Balaban J connectivity index is 3.53. The molecule has 2 heteroatoms. The summed E-state index contributed by atoms with van der Waals surface area (Å²) in [5.74, 6) is 0. The van der Waals surface area contributed by atoms with E-state index in [4.69, 9.17) is 0 Å². The SMILES string of the molecule is C/C=c1/nccn/c1=C/C.